The van der Waals surface area contributed by atoms with Crippen molar-refractivity contribution < 1.29 is 37.8 Å². The molecule has 1 saturated heterocycles. The minimum absolute atomic E-state index is 0.0959. The Morgan fingerprint density at radius 2 is 1.52 bits per heavy atom. The van der Waals surface area contributed by atoms with Crippen LogP contribution in [0.25, 0.3) is 0 Å². The molecule has 0 amide bonds. The third kappa shape index (κ3) is 7.07. The summed E-state index contributed by atoms with van der Waals surface area (Å²) in [5.41, 5.74) is 7.94. The van der Waals surface area contributed by atoms with Crippen LogP contribution in [-0.2, 0) is 20.5 Å². The van der Waals surface area contributed by atoms with E-state index >= 15 is 0 Å². The number of aromatic hydroxyl groups is 1. The predicted octanol–water partition coefficient (Wildman–Crippen LogP) is 2.07. The normalized spacial score (nSPS) is 22.3. The fraction of sp³-hybridized carbons (Fsp3) is 0.581. The number of hydrogen-bond acceptors (Lipinski definition) is 11. The fourth-order valence-electron chi connectivity index (χ4n) is 6.32. The lowest BCUT2D eigenvalue weighted by atomic mass is 9.65. The van der Waals surface area contributed by atoms with Crippen molar-refractivity contribution in [1.29, 1.82) is 0 Å². The van der Waals surface area contributed by atoms with Crippen LogP contribution in [0, 0.1) is 11.8 Å². The van der Waals surface area contributed by atoms with Gasteiger partial charge in [-0.3, -0.25) is 4.79 Å². The van der Waals surface area contributed by atoms with E-state index in [-0.39, 0.29) is 42.5 Å². The number of esters is 1. The lowest BCUT2D eigenvalue weighted by Crippen LogP contribution is -2.42. The minimum Gasteiger partial charge on any atom is -0.502 e. The molecule has 3 aliphatic rings. The predicted molar refractivity (Wildman–Crippen MR) is 166 cm³/mol. The Balaban J connectivity index is 1.30. The Morgan fingerprint density at radius 1 is 0.909 bits per heavy atom. The number of carbonyl (C=O) groups excluding carboxylic acids is 1. The van der Waals surface area contributed by atoms with Crippen LogP contribution in [-0.4, -0.2) is 81.4 Å². The summed E-state index contributed by atoms with van der Waals surface area (Å²) >= 11 is 0. The highest BCUT2D eigenvalue weighted by Crippen LogP contribution is 2.55. The van der Waals surface area contributed by atoms with E-state index in [0.717, 1.165) is 68.6 Å². The van der Waals surface area contributed by atoms with E-state index in [4.69, 9.17) is 29.4 Å². The number of cyclic esters (lactones) is 1. The third-order valence-electron chi connectivity index (χ3n) is 8.54. The van der Waals surface area contributed by atoms with Gasteiger partial charge in [-0.1, -0.05) is 0 Å². The van der Waals surface area contributed by atoms with Gasteiger partial charge in [-0.15, -0.1) is 0 Å². The second kappa shape index (κ2) is 15.3. The molecule has 3 unspecified atom stereocenters. The Bertz CT molecular complexity index is 1300. The second-order valence-corrected chi connectivity index (χ2v) is 12.6. The number of phenols is 1. The lowest BCUT2D eigenvalue weighted by molar-refractivity contribution is -0.141. The molecule has 0 spiro atoms. The maximum absolute atomic E-state index is 13.3. The molecule has 2 aromatic rings. The summed E-state index contributed by atoms with van der Waals surface area (Å²) in [6.45, 7) is 4.45. The summed E-state index contributed by atoms with van der Waals surface area (Å²) in [5, 5.41) is 17.4. The molecular weight excluding hydrogens is 588 g/mol. The largest absolute Gasteiger partial charge is 0.502 e. The van der Waals surface area contributed by atoms with E-state index < -0.39 is 28.9 Å². The first kappa shape index (κ1) is 32.3. The van der Waals surface area contributed by atoms with Gasteiger partial charge in [-0.2, -0.15) is 0 Å². The molecule has 44 heavy (non-hydrogen) atoms. The number of nitrogens with two attached hydrogens (primary N) is 1. The van der Waals surface area contributed by atoms with Crippen LogP contribution >= 0.6 is 0 Å². The average molecular weight is 633 g/mol. The molecule has 5 atom stereocenters. The average Bonchev–Trinajstić information content (AvgIpc) is 3.65. The molecule has 12 nitrogen and oxygen atoms in total. The number of ether oxygens (including phenoxy) is 5. The number of nitrogens with one attached hydrogen (secondary N) is 3. The first-order valence-corrected chi connectivity index (χ1v) is 16.6. The number of rotatable bonds is 17. The van der Waals surface area contributed by atoms with E-state index in [1.54, 1.807) is 12.1 Å². The molecule has 0 bridgehead atoms. The van der Waals surface area contributed by atoms with Crippen molar-refractivity contribution in [2.75, 3.05) is 66.1 Å². The van der Waals surface area contributed by atoms with E-state index in [0.29, 0.717) is 23.8 Å². The van der Waals surface area contributed by atoms with Crippen molar-refractivity contribution in [3.63, 3.8) is 0 Å². The van der Waals surface area contributed by atoms with Gasteiger partial charge < -0.3 is 45.2 Å². The topological polar surface area (TPSA) is 163 Å². The van der Waals surface area contributed by atoms with Gasteiger partial charge in [0.2, 0.25) is 12.5 Å². The molecule has 13 heteroatoms. The number of unbranched alkanes of at least 4 members (excludes halogenated alkanes) is 2. The molecule has 2 aromatic carbocycles. The van der Waals surface area contributed by atoms with Gasteiger partial charge in [0.05, 0.1) is 49.5 Å². The van der Waals surface area contributed by atoms with Crippen molar-refractivity contribution in [3.05, 3.63) is 41.0 Å². The van der Waals surface area contributed by atoms with Gasteiger partial charge in [0.25, 0.3) is 0 Å². The SMILES string of the molecule is COc1cc([C@@H]2c3cc4c(cc3C(NS(=O)CCNCCCCNCCCCN)C3COC(=O)[C@@H]32)OCO4)cc(OC)c1O. The van der Waals surface area contributed by atoms with Crippen LogP contribution < -0.4 is 40.0 Å². The summed E-state index contributed by atoms with van der Waals surface area (Å²) in [6.07, 6.45) is 4.25. The summed E-state index contributed by atoms with van der Waals surface area (Å²) < 4.78 is 44.6. The number of carbonyl (C=O) groups is 1. The highest BCUT2D eigenvalue weighted by Gasteiger charge is 2.53. The number of benzene rings is 2. The van der Waals surface area contributed by atoms with Gasteiger partial charge in [0, 0.05) is 18.4 Å². The van der Waals surface area contributed by atoms with Crippen LogP contribution in [0.4, 0.5) is 0 Å². The quantitative estimate of drug-likeness (QED) is 0.128. The van der Waals surface area contributed by atoms with Crippen molar-refractivity contribution >= 4 is 17.0 Å². The molecular formula is C31H44N4O8S. The lowest BCUT2D eigenvalue weighted by Gasteiger charge is -2.39. The van der Waals surface area contributed by atoms with E-state index in [9.17, 15) is 14.1 Å². The number of fused-ring (bicyclic) bond motifs is 3. The van der Waals surface area contributed by atoms with Crippen molar-refractivity contribution in [2.24, 2.45) is 17.6 Å². The molecule has 5 rings (SSSR count). The summed E-state index contributed by atoms with van der Waals surface area (Å²) in [5.74, 6) is 0.285. The maximum Gasteiger partial charge on any atom is 0.310 e. The van der Waals surface area contributed by atoms with Gasteiger partial charge in [0.15, 0.2) is 23.0 Å². The molecule has 2 aliphatic heterocycles. The van der Waals surface area contributed by atoms with Gasteiger partial charge in [-0.05, 0) is 92.8 Å². The van der Waals surface area contributed by atoms with E-state index in [2.05, 4.69) is 15.4 Å². The van der Waals surface area contributed by atoms with E-state index in [1.165, 1.54) is 14.2 Å². The zero-order chi connectivity index (χ0) is 31.1. The molecule has 2 heterocycles. The van der Waals surface area contributed by atoms with Crippen LogP contribution in [0.1, 0.15) is 54.3 Å². The molecule has 242 valence electrons. The van der Waals surface area contributed by atoms with Crippen LogP contribution in [0.3, 0.4) is 0 Å². The van der Waals surface area contributed by atoms with Crippen molar-refractivity contribution in [3.8, 4) is 28.7 Å². The Labute approximate surface area is 260 Å². The van der Waals surface area contributed by atoms with Gasteiger partial charge in [-0.25, -0.2) is 8.93 Å². The van der Waals surface area contributed by atoms with Crippen LogP contribution in [0.5, 0.6) is 28.7 Å². The number of methoxy groups -OCH3 is 2. The molecule has 1 aliphatic carbocycles. The van der Waals surface area contributed by atoms with Crippen LogP contribution in [0.15, 0.2) is 24.3 Å². The van der Waals surface area contributed by atoms with Gasteiger partial charge in [0.1, 0.15) is 0 Å². The smallest absolute Gasteiger partial charge is 0.310 e. The summed E-state index contributed by atoms with van der Waals surface area (Å²) in [7, 11) is 1.55. The van der Waals surface area contributed by atoms with Crippen molar-refractivity contribution in [2.45, 2.75) is 37.6 Å². The zero-order valence-electron chi connectivity index (χ0n) is 25.4. The highest BCUT2D eigenvalue weighted by atomic mass is 32.2. The molecule has 0 radical (unpaired) electrons. The summed E-state index contributed by atoms with van der Waals surface area (Å²) in [6, 6.07) is 6.82. The Morgan fingerprint density at radius 3 is 2.16 bits per heavy atom. The molecule has 1 fully saturated rings. The van der Waals surface area contributed by atoms with Gasteiger partial charge >= 0.3 is 5.97 Å². The van der Waals surface area contributed by atoms with Crippen molar-refractivity contribution in [1.82, 2.24) is 15.4 Å². The monoisotopic (exact) mass is 632 g/mol. The zero-order valence-corrected chi connectivity index (χ0v) is 26.2. The third-order valence-corrected chi connectivity index (χ3v) is 9.63. The standard InChI is InChI=1S/C31H44N4O8S/c1-39-25-13-19(14-26(40-2)30(25)36)27-20-15-23-24(43-18-42-23)16-21(20)29(22-17-41-31(37)28(22)27)35-44(38)12-11-34-10-6-5-9-33-8-4-3-7-32/h13-16,22,27-29,33-36H,3-12,17-18,32H2,1-2H3/t22?,27-,28+,29?,44?/m1/s1. The van der Waals surface area contributed by atoms with E-state index in [1.807, 2.05) is 12.1 Å². The first-order chi connectivity index (χ1) is 21.5. The van der Waals surface area contributed by atoms with Crippen LogP contribution in [0.2, 0.25) is 0 Å². The molecule has 0 saturated carbocycles. The number of hydrogen-bond donors (Lipinski definition) is 5. The fourth-order valence-corrected chi connectivity index (χ4v) is 7.35. The Hall–Kier alpha value is -3.10. The second-order valence-electron chi connectivity index (χ2n) is 11.3. The molecule has 0 aromatic heterocycles. The number of phenolic OH excluding ortho intramolecular Hbond substituents is 1. The molecule has 6 N–H and O–H groups in total. The first-order valence-electron chi connectivity index (χ1n) is 15.3. The highest BCUT2D eigenvalue weighted by molar-refractivity contribution is 7.83. The minimum atomic E-state index is -1.37. The Kier molecular flexibility index (Phi) is 11.2. The summed E-state index contributed by atoms with van der Waals surface area (Å²) in [4.78, 5) is 13.3. The maximum atomic E-state index is 13.3.